The number of methoxy groups -OCH3 is 2. The topological polar surface area (TPSA) is 221 Å². The van der Waals surface area contributed by atoms with Crippen LogP contribution in [-0.4, -0.2) is 116 Å². The summed E-state index contributed by atoms with van der Waals surface area (Å²) in [7, 11) is 3.22. The van der Waals surface area contributed by atoms with Gasteiger partial charge >= 0.3 is 0 Å². The maximum atomic E-state index is 12.8. The van der Waals surface area contributed by atoms with E-state index >= 15 is 0 Å². The number of fused-ring (bicyclic) bond motifs is 6. The van der Waals surface area contributed by atoms with Crippen LogP contribution in [0.1, 0.15) is 84.3 Å². The summed E-state index contributed by atoms with van der Waals surface area (Å²) in [6.45, 7) is 9.06. The lowest BCUT2D eigenvalue weighted by atomic mass is 10.00. The second-order valence-corrected chi connectivity index (χ2v) is 18.4. The fourth-order valence-corrected chi connectivity index (χ4v) is 9.71. The Kier molecular flexibility index (Phi) is 15.7. The van der Waals surface area contributed by atoms with Crippen molar-refractivity contribution < 1.29 is 28.7 Å². The van der Waals surface area contributed by atoms with E-state index in [0.717, 1.165) is 43.4 Å². The van der Waals surface area contributed by atoms with Crippen LogP contribution in [0.25, 0.3) is 11.4 Å². The van der Waals surface area contributed by atoms with Crippen LogP contribution in [0.3, 0.4) is 0 Å². The number of benzene rings is 4. The van der Waals surface area contributed by atoms with Crippen LogP contribution in [0.5, 0.6) is 11.5 Å². The van der Waals surface area contributed by atoms with Gasteiger partial charge in [-0.1, -0.05) is 24.3 Å². The quantitative estimate of drug-likeness (QED) is 0.0590. The van der Waals surface area contributed by atoms with Crippen molar-refractivity contribution >= 4 is 58.6 Å². The number of thioether (sulfide) groups is 2. The minimum absolute atomic E-state index is 0.102. The van der Waals surface area contributed by atoms with E-state index in [2.05, 4.69) is 41.7 Å². The zero-order valence-corrected chi connectivity index (χ0v) is 41.4. The van der Waals surface area contributed by atoms with Gasteiger partial charge in [-0.3, -0.25) is 38.3 Å². The SMILES string of the molecule is CCNC(=O)C[C@@H]1N=C(c2ccc(SCC(=O)NCCNC(=O)CSc3ccc(C4=N[C@@H](CC(=O)NCC)c5nnc(C)n5-c5ccc(OC)cc54)cc3)cc2)c2cc(OC)ccc2-n2c(C)nnc21. The number of nitrogens with one attached hydrogen (secondary N) is 4. The maximum Gasteiger partial charge on any atom is 0.230 e. The number of amides is 4. The molecule has 4 heterocycles. The number of nitrogens with zero attached hydrogens (tertiary/aromatic N) is 8. The molecule has 0 unspecified atom stereocenters. The Labute approximate surface area is 413 Å². The Morgan fingerprint density at radius 3 is 1.31 bits per heavy atom. The predicted octanol–water partition coefficient (Wildman–Crippen LogP) is 5.44. The number of aliphatic imine (C=N–C) groups is 2. The number of ether oxygens (including phenoxy) is 2. The number of carbonyl (C=O) groups excluding carboxylic acids is 4. The molecule has 4 amide bonds. The number of aromatic nitrogens is 6. The van der Waals surface area contributed by atoms with Crippen molar-refractivity contribution in [2.24, 2.45) is 9.98 Å². The molecule has 0 bridgehead atoms. The van der Waals surface area contributed by atoms with E-state index in [1.54, 1.807) is 14.2 Å². The van der Waals surface area contributed by atoms with E-state index in [9.17, 15) is 19.2 Å². The average Bonchev–Trinajstić information content (AvgIpc) is 3.87. The summed E-state index contributed by atoms with van der Waals surface area (Å²) >= 11 is 2.79. The summed E-state index contributed by atoms with van der Waals surface area (Å²) in [4.78, 5) is 63.4. The molecule has 0 spiro atoms. The molecule has 0 radical (unpaired) electrons. The molecule has 18 nitrogen and oxygen atoms in total. The Morgan fingerprint density at radius 2 is 0.943 bits per heavy atom. The van der Waals surface area contributed by atoms with E-state index in [4.69, 9.17) is 19.5 Å². The van der Waals surface area contributed by atoms with Crippen LogP contribution in [0.2, 0.25) is 0 Å². The summed E-state index contributed by atoms with van der Waals surface area (Å²) in [5.74, 6) is 3.60. The molecule has 8 rings (SSSR count). The molecule has 20 heteroatoms. The lowest BCUT2D eigenvalue weighted by Crippen LogP contribution is -2.36. The van der Waals surface area contributed by atoms with Gasteiger partial charge in [-0.15, -0.1) is 43.9 Å². The molecular weight excluding hydrogens is 929 g/mol. The molecule has 2 aliphatic heterocycles. The highest BCUT2D eigenvalue weighted by atomic mass is 32.2. The predicted molar refractivity (Wildman–Crippen MR) is 269 cm³/mol. The Morgan fingerprint density at radius 1 is 0.543 bits per heavy atom. The molecule has 0 saturated heterocycles. The number of hydrogen-bond donors (Lipinski definition) is 4. The highest BCUT2D eigenvalue weighted by molar-refractivity contribution is 8.00. The lowest BCUT2D eigenvalue weighted by molar-refractivity contribution is -0.122. The van der Waals surface area contributed by atoms with Gasteiger partial charge in [0.05, 0.1) is 61.4 Å². The summed E-state index contributed by atoms with van der Waals surface area (Å²) in [6, 6.07) is 25.9. The van der Waals surface area contributed by atoms with Crippen LogP contribution in [0.4, 0.5) is 0 Å². The van der Waals surface area contributed by atoms with E-state index in [0.29, 0.717) is 59.3 Å². The van der Waals surface area contributed by atoms with Gasteiger partial charge in [0, 0.05) is 58.2 Å². The highest BCUT2D eigenvalue weighted by Crippen LogP contribution is 2.37. The zero-order chi connectivity index (χ0) is 49.3. The Balaban J connectivity index is 0.839. The third kappa shape index (κ3) is 11.1. The number of hydrogen-bond acceptors (Lipinski definition) is 14. The van der Waals surface area contributed by atoms with Gasteiger partial charge in [0.15, 0.2) is 11.6 Å². The lowest BCUT2D eigenvalue weighted by Gasteiger charge is -2.14. The van der Waals surface area contributed by atoms with Crippen molar-refractivity contribution in [3.05, 3.63) is 130 Å². The molecule has 70 heavy (non-hydrogen) atoms. The van der Waals surface area contributed by atoms with E-state index < -0.39 is 12.1 Å². The molecule has 362 valence electrons. The van der Waals surface area contributed by atoms with Crippen LogP contribution in [0.15, 0.2) is 105 Å². The standard InChI is InChI=1S/C50H54N12O6S2/c1-7-51-43(63)25-39-49-59-57-29(3)61(49)41-19-13-33(67-5)23-37(41)47(55-39)31-9-15-35(16-10-31)69-27-45(65)53-21-22-54-46(66)28-70-36-17-11-32(12-18-36)48-38-24-34(68-6)14-20-42(38)62-30(4)58-60-50(62)40(56-48)26-44(64)52-8-2/h9-20,23-24,39-40H,7-8,21-22,25-28H2,1-6H3,(H,51,63)(H,52,64)(H,53,65)(H,54,66)/t39-,40-/m0/s1. The molecule has 0 fully saturated rings. The van der Waals surface area contributed by atoms with E-state index in [-0.39, 0.29) is 61.1 Å². The second kappa shape index (κ2) is 22.4. The summed E-state index contributed by atoms with van der Waals surface area (Å²) in [5, 5.41) is 29.1. The molecule has 4 N–H and O–H groups in total. The van der Waals surface area contributed by atoms with Crippen molar-refractivity contribution in [2.45, 2.75) is 62.4 Å². The first kappa shape index (κ1) is 49.1. The molecule has 0 saturated carbocycles. The van der Waals surface area contributed by atoms with Gasteiger partial charge < -0.3 is 30.7 Å². The Bertz CT molecular complexity index is 2770. The van der Waals surface area contributed by atoms with Crippen LogP contribution in [0, 0.1) is 13.8 Å². The van der Waals surface area contributed by atoms with Crippen molar-refractivity contribution in [3.8, 4) is 22.9 Å². The number of carbonyl (C=O) groups is 4. The van der Waals surface area contributed by atoms with Crippen molar-refractivity contribution in [1.29, 1.82) is 0 Å². The average molecular weight is 983 g/mol. The summed E-state index contributed by atoms with van der Waals surface area (Å²) in [6.07, 6.45) is 0.203. The van der Waals surface area contributed by atoms with Gasteiger partial charge in [0.2, 0.25) is 23.6 Å². The normalized spacial score (nSPS) is 14.5. The highest BCUT2D eigenvalue weighted by Gasteiger charge is 2.32. The van der Waals surface area contributed by atoms with Gasteiger partial charge in [0.1, 0.15) is 35.2 Å². The first-order chi connectivity index (χ1) is 34.0. The third-order valence-electron chi connectivity index (χ3n) is 11.5. The monoisotopic (exact) mass is 982 g/mol. The van der Waals surface area contributed by atoms with Crippen LogP contribution in [-0.2, 0) is 19.2 Å². The second-order valence-electron chi connectivity index (χ2n) is 16.3. The maximum absolute atomic E-state index is 12.8. The summed E-state index contributed by atoms with van der Waals surface area (Å²) < 4.78 is 15.1. The van der Waals surface area contributed by atoms with Crippen LogP contribution >= 0.6 is 23.5 Å². The first-order valence-corrected chi connectivity index (χ1v) is 24.9. The minimum Gasteiger partial charge on any atom is -0.497 e. The van der Waals surface area contributed by atoms with Crippen molar-refractivity contribution in [2.75, 3.05) is 51.9 Å². The zero-order valence-electron chi connectivity index (χ0n) is 39.7. The van der Waals surface area contributed by atoms with E-state index in [1.807, 2.05) is 122 Å². The smallest absolute Gasteiger partial charge is 0.230 e. The first-order valence-electron chi connectivity index (χ1n) is 22.9. The van der Waals surface area contributed by atoms with Crippen molar-refractivity contribution in [1.82, 2.24) is 50.8 Å². The molecule has 2 aliphatic rings. The molecule has 6 aromatic rings. The van der Waals surface area contributed by atoms with Crippen LogP contribution < -0.4 is 30.7 Å². The molecule has 4 aromatic carbocycles. The molecular formula is C50H54N12O6S2. The number of aryl methyl sites for hydroxylation is 2. The fourth-order valence-electron chi connectivity index (χ4n) is 8.25. The largest absolute Gasteiger partial charge is 0.497 e. The fraction of sp³-hybridized carbons (Fsp3) is 0.320. The van der Waals surface area contributed by atoms with Gasteiger partial charge in [-0.25, -0.2) is 0 Å². The van der Waals surface area contributed by atoms with Crippen molar-refractivity contribution in [3.63, 3.8) is 0 Å². The third-order valence-corrected chi connectivity index (χ3v) is 13.6. The molecule has 0 aliphatic carbocycles. The number of rotatable bonds is 19. The molecule has 2 atom stereocenters. The van der Waals surface area contributed by atoms with Gasteiger partial charge in [-0.05, 0) is 88.4 Å². The minimum atomic E-state index is -0.585. The van der Waals surface area contributed by atoms with Gasteiger partial charge in [-0.2, -0.15) is 0 Å². The van der Waals surface area contributed by atoms with Gasteiger partial charge in [0.25, 0.3) is 0 Å². The Hall–Kier alpha value is -7.32. The van der Waals surface area contributed by atoms with E-state index in [1.165, 1.54) is 23.5 Å². The molecule has 2 aromatic heterocycles. The summed E-state index contributed by atoms with van der Waals surface area (Å²) in [5.41, 5.74) is 6.30.